The molecule has 2 N–H and O–H groups in total. The maximum absolute atomic E-state index is 12.2. The number of benzene rings is 1. The Morgan fingerprint density at radius 1 is 0.941 bits per heavy atom. The molecule has 0 saturated carbocycles. The number of anilines is 1. The molecule has 0 radical (unpaired) electrons. The van der Waals surface area contributed by atoms with Gasteiger partial charge in [0, 0.05) is 10.6 Å². The van der Waals surface area contributed by atoms with Gasteiger partial charge in [0.1, 0.15) is 0 Å². The van der Waals surface area contributed by atoms with Crippen LogP contribution in [-0.2, 0) is 0 Å². The van der Waals surface area contributed by atoms with Gasteiger partial charge in [0.05, 0.1) is 5.75 Å². The van der Waals surface area contributed by atoms with E-state index < -0.39 is 11.9 Å². The summed E-state index contributed by atoms with van der Waals surface area (Å²) in [6.45, 7) is 7.39. The van der Waals surface area contributed by atoms with Crippen LogP contribution >= 0.6 is 11.8 Å². The van der Waals surface area contributed by atoms with E-state index in [-0.39, 0.29) is 0 Å². The second kappa shape index (κ2) is 4.80. The molecule has 17 heavy (non-hydrogen) atoms. The Labute approximate surface area is 104 Å². The summed E-state index contributed by atoms with van der Waals surface area (Å²) in [5.41, 5.74) is 10.1. The van der Waals surface area contributed by atoms with E-state index in [9.17, 15) is 13.2 Å². The van der Waals surface area contributed by atoms with E-state index in [4.69, 9.17) is 5.73 Å². The van der Waals surface area contributed by atoms with Gasteiger partial charge in [-0.1, -0.05) is 0 Å². The largest absolute Gasteiger partial charge is 0.398 e. The van der Waals surface area contributed by atoms with Crippen molar-refractivity contribution in [3.05, 3.63) is 22.3 Å². The molecule has 0 aliphatic carbocycles. The first kappa shape index (κ1) is 14.2. The van der Waals surface area contributed by atoms with Crippen LogP contribution in [0.3, 0.4) is 0 Å². The van der Waals surface area contributed by atoms with E-state index in [1.54, 1.807) is 6.92 Å². The number of rotatable bonds is 2. The van der Waals surface area contributed by atoms with Crippen molar-refractivity contribution in [3.8, 4) is 0 Å². The lowest BCUT2D eigenvalue weighted by Crippen LogP contribution is -2.11. The molecule has 1 nitrogen and oxygen atoms in total. The van der Waals surface area contributed by atoms with Crippen LogP contribution < -0.4 is 5.73 Å². The number of nitrogen functional groups attached to an aromatic ring is 1. The van der Waals surface area contributed by atoms with E-state index in [2.05, 4.69) is 0 Å². The van der Waals surface area contributed by atoms with Crippen molar-refractivity contribution in [1.29, 1.82) is 0 Å². The minimum absolute atomic E-state index is 0.595. The molecule has 0 saturated heterocycles. The Morgan fingerprint density at radius 3 is 1.94 bits per heavy atom. The highest BCUT2D eigenvalue weighted by Crippen LogP contribution is 2.37. The monoisotopic (exact) mass is 263 g/mol. The highest BCUT2D eigenvalue weighted by molar-refractivity contribution is 7.99. The van der Waals surface area contributed by atoms with Gasteiger partial charge in [-0.15, -0.1) is 11.8 Å². The predicted molar refractivity (Wildman–Crippen MR) is 66.6 cm³/mol. The van der Waals surface area contributed by atoms with Crippen LogP contribution in [0.2, 0.25) is 0 Å². The third-order valence-electron chi connectivity index (χ3n) is 2.99. The molecule has 5 heteroatoms. The molecule has 0 aromatic heterocycles. The van der Waals surface area contributed by atoms with Crippen LogP contribution in [0.5, 0.6) is 0 Å². The second-order valence-electron chi connectivity index (χ2n) is 4.15. The number of alkyl halides is 3. The summed E-state index contributed by atoms with van der Waals surface area (Å²) in [6.07, 6.45) is -4.16. The number of halogens is 3. The highest BCUT2D eigenvalue weighted by atomic mass is 32.2. The summed E-state index contributed by atoms with van der Waals surface area (Å²) < 4.78 is 36.7. The standard InChI is InChI=1S/C12H16F3NS/c1-6-7(2)10(16)9(4)11(8(6)3)17-5-12(13,14)15/h5,16H2,1-4H3. The van der Waals surface area contributed by atoms with Crippen molar-refractivity contribution in [2.24, 2.45) is 0 Å². The van der Waals surface area contributed by atoms with Gasteiger partial charge in [-0.25, -0.2) is 0 Å². The normalized spacial score (nSPS) is 11.9. The third-order valence-corrected chi connectivity index (χ3v) is 4.37. The lowest BCUT2D eigenvalue weighted by molar-refractivity contribution is -0.105. The molecular formula is C12H16F3NS. The smallest absolute Gasteiger partial charge is 0.398 e. The van der Waals surface area contributed by atoms with Gasteiger partial charge in [-0.2, -0.15) is 13.2 Å². The zero-order valence-corrected chi connectivity index (χ0v) is 11.1. The van der Waals surface area contributed by atoms with Gasteiger partial charge in [0.2, 0.25) is 0 Å². The quantitative estimate of drug-likeness (QED) is 0.640. The molecule has 0 aliphatic rings. The lowest BCUT2D eigenvalue weighted by atomic mass is 9.99. The fraction of sp³-hybridized carbons (Fsp3) is 0.500. The molecule has 1 rings (SSSR count). The average Bonchev–Trinajstić information content (AvgIpc) is 2.22. The van der Waals surface area contributed by atoms with E-state index in [1.165, 1.54) is 0 Å². The molecule has 0 atom stereocenters. The predicted octanol–water partition coefficient (Wildman–Crippen LogP) is 4.16. The van der Waals surface area contributed by atoms with E-state index in [0.717, 1.165) is 34.0 Å². The first-order valence-electron chi connectivity index (χ1n) is 5.20. The lowest BCUT2D eigenvalue weighted by Gasteiger charge is -2.18. The van der Waals surface area contributed by atoms with Crippen LogP contribution in [0.25, 0.3) is 0 Å². The summed E-state index contributed by atoms with van der Waals surface area (Å²) in [5, 5.41) is 0. The molecule has 0 heterocycles. The van der Waals surface area contributed by atoms with Crippen molar-refractivity contribution >= 4 is 17.4 Å². The summed E-state index contributed by atoms with van der Waals surface area (Å²) in [4.78, 5) is 0.655. The first-order valence-corrected chi connectivity index (χ1v) is 6.19. The van der Waals surface area contributed by atoms with Crippen LogP contribution in [0.1, 0.15) is 22.3 Å². The maximum atomic E-state index is 12.2. The topological polar surface area (TPSA) is 26.0 Å². The molecule has 0 aliphatic heterocycles. The second-order valence-corrected chi connectivity index (χ2v) is 5.13. The van der Waals surface area contributed by atoms with Gasteiger partial charge in [0.25, 0.3) is 0 Å². The number of hydrogen-bond donors (Lipinski definition) is 1. The molecule has 0 spiro atoms. The van der Waals surface area contributed by atoms with Crippen molar-refractivity contribution in [2.75, 3.05) is 11.5 Å². The molecule has 0 amide bonds. The molecule has 96 valence electrons. The van der Waals surface area contributed by atoms with Crippen LogP contribution in [0.15, 0.2) is 4.90 Å². The van der Waals surface area contributed by atoms with Gasteiger partial charge < -0.3 is 5.73 Å². The Morgan fingerprint density at radius 2 is 1.47 bits per heavy atom. The van der Waals surface area contributed by atoms with Crippen molar-refractivity contribution in [1.82, 2.24) is 0 Å². The highest BCUT2D eigenvalue weighted by Gasteiger charge is 2.28. The Kier molecular flexibility index (Phi) is 4.02. The zero-order valence-electron chi connectivity index (χ0n) is 10.3. The minimum Gasteiger partial charge on any atom is -0.398 e. The minimum atomic E-state index is -4.16. The van der Waals surface area contributed by atoms with E-state index in [0.29, 0.717) is 10.6 Å². The third kappa shape index (κ3) is 3.09. The van der Waals surface area contributed by atoms with Crippen molar-refractivity contribution < 1.29 is 13.2 Å². The summed E-state index contributed by atoms with van der Waals surface area (Å²) in [7, 11) is 0. The van der Waals surface area contributed by atoms with Crippen LogP contribution in [-0.4, -0.2) is 11.9 Å². The Bertz CT molecular complexity index is 409. The van der Waals surface area contributed by atoms with E-state index >= 15 is 0 Å². The molecule has 0 bridgehead atoms. The molecule has 1 aromatic rings. The summed E-state index contributed by atoms with van der Waals surface area (Å²) in [6, 6.07) is 0. The summed E-state index contributed by atoms with van der Waals surface area (Å²) in [5.74, 6) is -0.878. The maximum Gasteiger partial charge on any atom is 0.398 e. The fourth-order valence-electron chi connectivity index (χ4n) is 1.71. The number of nitrogens with two attached hydrogens (primary N) is 1. The SMILES string of the molecule is Cc1c(C)c(N)c(C)c(SCC(F)(F)F)c1C. The van der Waals surface area contributed by atoms with Crippen LogP contribution in [0, 0.1) is 27.7 Å². The zero-order chi connectivity index (χ0) is 13.4. The number of hydrogen-bond acceptors (Lipinski definition) is 2. The van der Waals surface area contributed by atoms with Gasteiger partial charge in [0.15, 0.2) is 0 Å². The Hall–Kier alpha value is -0.840. The Balaban J connectivity index is 3.16. The van der Waals surface area contributed by atoms with Gasteiger partial charge in [-0.3, -0.25) is 0 Å². The average molecular weight is 263 g/mol. The number of thioether (sulfide) groups is 1. The fourth-order valence-corrected chi connectivity index (χ4v) is 2.71. The van der Waals surface area contributed by atoms with E-state index in [1.807, 2.05) is 20.8 Å². The van der Waals surface area contributed by atoms with Crippen molar-refractivity contribution in [2.45, 2.75) is 38.8 Å². The summed E-state index contributed by atoms with van der Waals surface area (Å²) >= 11 is 0.813. The van der Waals surface area contributed by atoms with Gasteiger partial charge in [-0.05, 0) is 49.9 Å². The molecular weight excluding hydrogens is 247 g/mol. The van der Waals surface area contributed by atoms with Crippen LogP contribution in [0.4, 0.5) is 18.9 Å². The molecule has 1 aromatic carbocycles. The van der Waals surface area contributed by atoms with Crippen molar-refractivity contribution in [3.63, 3.8) is 0 Å². The molecule has 0 fully saturated rings. The first-order chi connectivity index (χ1) is 7.65. The molecule has 0 unspecified atom stereocenters. The van der Waals surface area contributed by atoms with Gasteiger partial charge >= 0.3 is 6.18 Å².